The summed E-state index contributed by atoms with van der Waals surface area (Å²) in [6.45, 7) is 3.22. The van der Waals surface area contributed by atoms with Crippen molar-refractivity contribution in [1.82, 2.24) is 9.88 Å². The standard InChI is InChI=1S/C23H29N3O2/c1-17(27)14-19(21-5-3-11-25-16-21)8-7-18-9-12-26(13-10-18)23(28)20-4-2-6-22(24)15-20/h2-6,11,15-16,18-19H,7-10,12-14,24H2,1H3. The molecule has 1 aromatic heterocycles. The number of hydrogen-bond acceptors (Lipinski definition) is 4. The van der Waals surface area contributed by atoms with Crippen LogP contribution in [0.4, 0.5) is 5.69 Å². The molecule has 1 aromatic carbocycles. The van der Waals surface area contributed by atoms with E-state index < -0.39 is 0 Å². The van der Waals surface area contributed by atoms with Gasteiger partial charge in [0.1, 0.15) is 5.78 Å². The molecule has 2 heterocycles. The van der Waals surface area contributed by atoms with Crippen LogP contribution in [-0.4, -0.2) is 34.7 Å². The van der Waals surface area contributed by atoms with E-state index >= 15 is 0 Å². The minimum atomic E-state index is 0.0653. The number of aromatic nitrogens is 1. The molecule has 0 radical (unpaired) electrons. The average molecular weight is 380 g/mol. The molecule has 5 heteroatoms. The van der Waals surface area contributed by atoms with Gasteiger partial charge >= 0.3 is 0 Å². The number of nitrogen functional groups attached to an aromatic ring is 1. The normalized spacial score (nSPS) is 16.0. The maximum Gasteiger partial charge on any atom is 0.253 e. The maximum atomic E-state index is 12.7. The Morgan fingerprint density at radius 1 is 1.21 bits per heavy atom. The molecule has 1 saturated heterocycles. The highest BCUT2D eigenvalue weighted by Crippen LogP contribution is 2.30. The van der Waals surface area contributed by atoms with E-state index in [1.54, 1.807) is 25.3 Å². The molecule has 0 spiro atoms. The number of piperidine rings is 1. The van der Waals surface area contributed by atoms with E-state index in [4.69, 9.17) is 5.73 Å². The third-order valence-electron chi connectivity index (χ3n) is 5.65. The molecule has 2 N–H and O–H groups in total. The third-order valence-corrected chi connectivity index (χ3v) is 5.65. The summed E-state index contributed by atoms with van der Waals surface area (Å²) in [7, 11) is 0. The van der Waals surface area contributed by atoms with Crippen LogP contribution in [0.5, 0.6) is 0 Å². The Hall–Kier alpha value is -2.69. The molecule has 28 heavy (non-hydrogen) atoms. The van der Waals surface area contributed by atoms with Crippen molar-refractivity contribution < 1.29 is 9.59 Å². The van der Waals surface area contributed by atoms with Gasteiger partial charge in [0, 0.05) is 43.2 Å². The summed E-state index contributed by atoms with van der Waals surface area (Å²) in [5, 5.41) is 0. The molecule has 1 fully saturated rings. The predicted molar refractivity (Wildman–Crippen MR) is 111 cm³/mol. The lowest BCUT2D eigenvalue weighted by molar-refractivity contribution is -0.117. The molecule has 1 aliphatic heterocycles. The Morgan fingerprint density at radius 2 is 2.00 bits per heavy atom. The number of carbonyl (C=O) groups excluding carboxylic acids is 2. The van der Waals surface area contributed by atoms with Crippen LogP contribution in [-0.2, 0) is 4.79 Å². The zero-order valence-electron chi connectivity index (χ0n) is 16.5. The molecule has 2 aromatic rings. The Balaban J connectivity index is 1.52. The summed E-state index contributed by atoms with van der Waals surface area (Å²) in [6, 6.07) is 11.2. The number of Topliss-reactive ketones (excluding diaryl/α,β-unsaturated/α-hetero) is 1. The van der Waals surface area contributed by atoms with Crippen molar-refractivity contribution in [3.05, 3.63) is 59.9 Å². The topological polar surface area (TPSA) is 76.3 Å². The number of amides is 1. The number of hydrogen-bond donors (Lipinski definition) is 1. The highest BCUT2D eigenvalue weighted by Gasteiger charge is 2.25. The van der Waals surface area contributed by atoms with Crippen molar-refractivity contribution in [3.63, 3.8) is 0 Å². The third kappa shape index (κ3) is 5.41. The van der Waals surface area contributed by atoms with Crippen LogP contribution in [0.3, 0.4) is 0 Å². The van der Waals surface area contributed by atoms with Gasteiger partial charge in [0.05, 0.1) is 0 Å². The smallest absolute Gasteiger partial charge is 0.253 e. The van der Waals surface area contributed by atoms with Crippen molar-refractivity contribution in [3.8, 4) is 0 Å². The molecular formula is C23H29N3O2. The van der Waals surface area contributed by atoms with Gasteiger partial charge in [-0.1, -0.05) is 12.1 Å². The van der Waals surface area contributed by atoms with E-state index in [-0.39, 0.29) is 17.6 Å². The second-order valence-corrected chi connectivity index (χ2v) is 7.83. The van der Waals surface area contributed by atoms with Gasteiger partial charge in [0.2, 0.25) is 0 Å². The van der Waals surface area contributed by atoms with Gasteiger partial charge in [-0.3, -0.25) is 9.78 Å². The Bertz CT molecular complexity index is 799. The first-order valence-electron chi connectivity index (χ1n) is 10.1. The summed E-state index contributed by atoms with van der Waals surface area (Å²) in [4.78, 5) is 30.5. The van der Waals surface area contributed by atoms with Crippen LogP contribution in [0, 0.1) is 5.92 Å². The van der Waals surface area contributed by atoms with Crippen LogP contribution in [0.1, 0.15) is 60.9 Å². The van der Waals surface area contributed by atoms with Gasteiger partial charge in [-0.15, -0.1) is 0 Å². The highest BCUT2D eigenvalue weighted by atomic mass is 16.2. The summed E-state index contributed by atoms with van der Waals surface area (Å²) in [6.07, 6.45) is 8.29. The molecule has 1 amide bonds. The van der Waals surface area contributed by atoms with Crippen molar-refractivity contribution >= 4 is 17.4 Å². The molecule has 1 atom stereocenters. The van der Waals surface area contributed by atoms with E-state index in [9.17, 15) is 9.59 Å². The summed E-state index contributed by atoms with van der Waals surface area (Å²) in [5.74, 6) is 1.11. The number of benzene rings is 1. The Labute approximate surface area is 167 Å². The summed E-state index contributed by atoms with van der Waals surface area (Å²) >= 11 is 0. The second kappa shape index (κ2) is 9.49. The number of rotatable bonds is 7. The molecule has 1 aliphatic rings. The zero-order chi connectivity index (χ0) is 19.9. The molecule has 0 bridgehead atoms. The SMILES string of the molecule is CC(=O)CC(CCC1CCN(C(=O)c2cccc(N)c2)CC1)c1cccnc1. The maximum absolute atomic E-state index is 12.7. The molecule has 148 valence electrons. The fraction of sp³-hybridized carbons (Fsp3) is 0.435. The van der Waals surface area contributed by atoms with Crippen LogP contribution >= 0.6 is 0 Å². The molecule has 0 aliphatic carbocycles. The van der Waals surface area contributed by atoms with Gasteiger partial charge in [-0.25, -0.2) is 0 Å². The molecule has 1 unspecified atom stereocenters. The quantitative estimate of drug-likeness (QED) is 0.736. The lowest BCUT2D eigenvalue weighted by Crippen LogP contribution is -2.38. The number of anilines is 1. The van der Waals surface area contributed by atoms with Gasteiger partial charge in [-0.05, 0) is 74.3 Å². The summed E-state index contributed by atoms with van der Waals surface area (Å²) in [5.41, 5.74) is 8.23. The van der Waals surface area contributed by atoms with Crippen molar-refractivity contribution in [2.75, 3.05) is 18.8 Å². The monoisotopic (exact) mass is 379 g/mol. The van der Waals surface area contributed by atoms with E-state index in [2.05, 4.69) is 11.1 Å². The molecule has 3 rings (SSSR count). The molecule has 5 nitrogen and oxygen atoms in total. The Kier molecular flexibility index (Phi) is 6.80. The number of pyridine rings is 1. The van der Waals surface area contributed by atoms with E-state index in [0.29, 0.717) is 23.6 Å². The van der Waals surface area contributed by atoms with Crippen LogP contribution < -0.4 is 5.73 Å². The van der Waals surface area contributed by atoms with E-state index in [0.717, 1.165) is 44.3 Å². The summed E-state index contributed by atoms with van der Waals surface area (Å²) < 4.78 is 0. The molecule has 0 saturated carbocycles. The van der Waals surface area contributed by atoms with Gasteiger partial charge in [0.15, 0.2) is 0 Å². The lowest BCUT2D eigenvalue weighted by atomic mass is 9.84. The number of nitrogens with two attached hydrogens (primary N) is 1. The fourth-order valence-corrected chi connectivity index (χ4v) is 4.07. The van der Waals surface area contributed by atoms with Gasteiger partial charge in [-0.2, -0.15) is 0 Å². The second-order valence-electron chi connectivity index (χ2n) is 7.83. The van der Waals surface area contributed by atoms with Gasteiger partial charge in [0.25, 0.3) is 5.91 Å². The van der Waals surface area contributed by atoms with Gasteiger partial charge < -0.3 is 15.4 Å². The van der Waals surface area contributed by atoms with Crippen molar-refractivity contribution in [1.29, 1.82) is 0 Å². The minimum absolute atomic E-state index is 0.0653. The number of likely N-dealkylation sites (tertiary alicyclic amines) is 1. The average Bonchev–Trinajstić information content (AvgIpc) is 2.71. The van der Waals surface area contributed by atoms with E-state index in [1.807, 2.05) is 29.3 Å². The first-order valence-corrected chi connectivity index (χ1v) is 10.1. The minimum Gasteiger partial charge on any atom is -0.399 e. The van der Waals surface area contributed by atoms with Crippen LogP contribution in [0.2, 0.25) is 0 Å². The number of nitrogens with zero attached hydrogens (tertiary/aromatic N) is 2. The number of carbonyl (C=O) groups is 2. The van der Waals surface area contributed by atoms with E-state index in [1.165, 1.54) is 0 Å². The first kappa shape index (κ1) is 20.1. The van der Waals surface area contributed by atoms with Crippen molar-refractivity contribution in [2.24, 2.45) is 5.92 Å². The molecular weight excluding hydrogens is 350 g/mol. The number of ketones is 1. The fourth-order valence-electron chi connectivity index (χ4n) is 4.07. The first-order chi connectivity index (χ1) is 13.5. The Morgan fingerprint density at radius 3 is 2.64 bits per heavy atom. The van der Waals surface area contributed by atoms with Crippen molar-refractivity contribution in [2.45, 2.75) is 44.9 Å². The largest absolute Gasteiger partial charge is 0.399 e. The zero-order valence-corrected chi connectivity index (χ0v) is 16.5. The predicted octanol–water partition coefficient (Wildman–Crippen LogP) is 4.06. The van der Waals surface area contributed by atoms with Crippen LogP contribution in [0.15, 0.2) is 48.8 Å². The highest BCUT2D eigenvalue weighted by molar-refractivity contribution is 5.95. The lowest BCUT2D eigenvalue weighted by Gasteiger charge is -2.32. The van der Waals surface area contributed by atoms with Crippen LogP contribution in [0.25, 0.3) is 0 Å².